The number of sulfonamides is 1. The van der Waals surface area contributed by atoms with Gasteiger partial charge >= 0.3 is 6.18 Å². The van der Waals surface area contributed by atoms with Crippen LogP contribution in [0.2, 0.25) is 0 Å². The first-order chi connectivity index (χ1) is 12.2. The number of rotatable bonds is 4. The maximum absolute atomic E-state index is 12.6. The van der Waals surface area contributed by atoms with Crippen molar-refractivity contribution in [3.05, 3.63) is 50.6 Å². The van der Waals surface area contributed by atoms with Crippen molar-refractivity contribution in [1.29, 1.82) is 0 Å². The lowest BCUT2D eigenvalue weighted by Crippen LogP contribution is -2.48. The third-order valence-electron chi connectivity index (χ3n) is 4.21. The Kier molecular flexibility index (Phi) is 5.78. The van der Waals surface area contributed by atoms with E-state index < -0.39 is 21.8 Å². The summed E-state index contributed by atoms with van der Waals surface area (Å²) in [4.78, 5) is 3.24. The van der Waals surface area contributed by atoms with Gasteiger partial charge in [0.2, 0.25) is 10.0 Å². The fraction of sp³-hybridized carbons (Fsp3) is 0.375. The molecule has 0 saturated carbocycles. The average Bonchev–Trinajstić information content (AvgIpc) is 2.99. The molecular weight excluding hydrogens is 453 g/mol. The molecule has 4 nitrogen and oxygen atoms in total. The third kappa shape index (κ3) is 4.30. The van der Waals surface area contributed by atoms with E-state index in [1.165, 1.54) is 9.18 Å². The minimum absolute atomic E-state index is 0.111. The van der Waals surface area contributed by atoms with E-state index in [0.29, 0.717) is 26.2 Å². The van der Waals surface area contributed by atoms with Crippen molar-refractivity contribution < 1.29 is 21.6 Å². The molecule has 0 amide bonds. The van der Waals surface area contributed by atoms with Gasteiger partial charge in [-0.2, -0.15) is 17.5 Å². The van der Waals surface area contributed by atoms with E-state index in [1.54, 1.807) is 11.3 Å². The van der Waals surface area contributed by atoms with Gasteiger partial charge in [0, 0.05) is 42.1 Å². The summed E-state index contributed by atoms with van der Waals surface area (Å²) < 4.78 is 65.6. The van der Waals surface area contributed by atoms with E-state index in [-0.39, 0.29) is 4.90 Å². The van der Waals surface area contributed by atoms with Gasteiger partial charge in [-0.25, -0.2) is 8.42 Å². The van der Waals surface area contributed by atoms with Gasteiger partial charge < -0.3 is 0 Å². The molecule has 1 aromatic heterocycles. The zero-order valence-corrected chi connectivity index (χ0v) is 16.8. The van der Waals surface area contributed by atoms with Gasteiger partial charge in [-0.1, -0.05) is 0 Å². The van der Waals surface area contributed by atoms with Gasteiger partial charge in [0.15, 0.2) is 0 Å². The van der Waals surface area contributed by atoms with Gasteiger partial charge in [0.25, 0.3) is 0 Å². The second-order valence-corrected chi connectivity index (χ2v) is 9.69. The van der Waals surface area contributed by atoms with Gasteiger partial charge in [-0.05, 0) is 51.6 Å². The van der Waals surface area contributed by atoms with Crippen LogP contribution >= 0.6 is 27.3 Å². The highest BCUT2D eigenvalue weighted by atomic mass is 79.9. The molecule has 142 valence electrons. The maximum atomic E-state index is 12.6. The summed E-state index contributed by atoms with van der Waals surface area (Å²) in [6, 6.07) is 5.63. The lowest BCUT2D eigenvalue weighted by Gasteiger charge is -2.33. The topological polar surface area (TPSA) is 40.6 Å². The Morgan fingerprint density at radius 1 is 1.04 bits per heavy atom. The number of nitrogens with zero attached hydrogens (tertiary/aromatic N) is 2. The van der Waals surface area contributed by atoms with Crippen LogP contribution in [0.5, 0.6) is 0 Å². The van der Waals surface area contributed by atoms with Crippen molar-refractivity contribution in [3.8, 4) is 0 Å². The Labute approximate surface area is 162 Å². The van der Waals surface area contributed by atoms with Crippen molar-refractivity contribution >= 4 is 37.3 Å². The number of thiophene rings is 1. The molecule has 1 aromatic carbocycles. The fourth-order valence-electron chi connectivity index (χ4n) is 2.73. The Hall–Kier alpha value is -0.940. The standard InChI is InChI=1S/C16H16BrF3N2O2S2/c17-14-5-10-25-15(14)11-21-6-8-22(9-7-21)26(23,24)13-3-1-12(2-4-13)16(18,19)20/h1-5,10H,6-9,11H2. The Morgan fingerprint density at radius 2 is 1.65 bits per heavy atom. The smallest absolute Gasteiger partial charge is 0.296 e. The molecule has 0 N–H and O–H groups in total. The van der Waals surface area contributed by atoms with Gasteiger partial charge in [-0.15, -0.1) is 11.3 Å². The Morgan fingerprint density at radius 3 is 2.15 bits per heavy atom. The molecule has 1 aliphatic heterocycles. The normalized spacial score (nSPS) is 17.5. The van der Waals surface area contributed by atoms with Gasteiger partial charge in [0.05, 0.1) is 10.5 Å². The number of benzene rings is 1. The number of piperazine rings is 1. The molecular formula is C16H16BrF3N2O2S2. The largest absolute Gasteiger partial charge is 0.416 e. The van der Waals surface area contributed by atoms with Crippen LogP contribution in [0.15, 0.2) is 45.1 Å². The van der Waals surface area contributed by atoms with E-state index in [1.807, 2.05) is 11.4 Å². The summed E-state index contributed by atoms with van der Waals surface area (Å²) in [7, 11) is -3.79. The molecule has 3 rings (SSSR count). The van der Waals surface area contributed by atoms with E-state index in [2.05, 4.69) is 20.8 Å². The molecule has 10 heteroatoms. The van der Waals surface area contributed by atoms with Gasteiger partial charge in [0.1, 0.15) is 0 Å². The van der Waals surface area contributed by atoms with Crippen LogP contribution in [0.25, 0.3) is 0 Å². The van der Waals surface area contributed by atoms with Crippen molar-refractivity contribution in [2.24, 2.45) is 0 Å². The molecule has 0 unspecified atom stereocenters. The first kappa shape index (κ1) is 19.8. The predicted molar refractivity (Wildman–Crippen MR) is 97.5 cm³/mol. The number of alkyl halides is 3. The summed E-state index contributed by atoms with van der Waals surface area (Å²) >= 11 is 5.12. The van der Waals surface area contributed by atoms with Crippen LogP contribution in [-0.2, 0) is 22.7 Å². The van der Waals surface area contributed by atoms with Crippen LogP contribution in [-0.4, -0.2) is 43.8 Å². The summed E-state index contributed by atoms with van der Waals surface area (Å²) in [6.45, 7) is 2.51. The minimum Gasteiger partial charge on any atom is -0.296 e. The minimum atomic E-state index is -4.48. The van der Waals surface area contributed by atoms with Crippen molar-refractivity contribution in [1.82, 2.24) is 9.21 Å². The van der Waals surface area contributed by atoms with Crippen LogP contribution < -0.4 is 0 Å². The molecule has 1 saturated heterocycles. The monoisotopic (exact) mass is 468 g/mol. The lowest BCUT2D eigenvalue weighted by molar-refractivity contribution is -0.137. The van der Waals surface area contributed by atoms with Crippen LogP contribution in [0.3, 0.4) is 0 Å². The Balaban J connectivity index is 1.65. The quantitative estimate of drug-likeness (QED) is 0.679. The molecule has 26 heavy (non-hydrogen) atoms. The number of halogens is 4. The fourth-order valence-corrected chi connectivity index (χ4v) is 5.68. The molecule has 0 aliphatic carbocycles. The van der Waals surface area contributed by atoms with Crippen molar-refractivity contribution in [2.45, 2.75) is 17.6 Å². The summed E-state index contributed by atoms with van der Waals surface area (Å²) in [6.07, 6.45) is -4.48. The van der Waals surface area contributed by atoms with E-state index in [9.17, 15) is 21.6 Å². The zero-order chi connectivity index (χ0) is 18.9. The summed E-state index contributed by atoms with van der Waals surface area (Å²) in [5.74, 6) is 0. The second kappa shape index (κ2) is 7.59. The second-order valence-electron chi connectivity index (χ2n) is 5.89. The summed E-state index contributed by atoms with van der Waals surface area (Å²) in [5.41, 5.74) is -0.859. The SMILES string of the molecule is O=S(=O)(c1ccc(C(F)(F)F)cc1)N1CCN(Cc2sccc2Br)CC1. The highest BCUT2D eigenvalue weighted by molar-refractivity contribution is 9.10. The zero-order valence-electron chi connectivity index (χ0n) is 13.5. The highest BCUT2D eigenvalue weighted by Crippen LogP contribution is 2.30. The van der Waals surface area contributed by atoms with Crippen LogP contribution in [0, 0.1) is 0 Å². The molecule has 0 radical (unpaired) electrons. The predicted octanol–water partition coefficient (Wildman–Crippen LogP) is 4.04. The highest BCUT2D eigenvalue weighted by Gasteiger charge is 2.32. The molecule has 0 atom stereocenters. The van der Waals surface area contributed by atoms with E-state index >= 15 is 0 Å². The first-order valence-corrected chi connectivity index (χ1v) is 10.9. The van der Waals surface area contributed by atoms with Gasteiger partial charge in [-0.3, -0.25) is 4.90 Å². The third-order valence-corrected chi connectivity index (χ3v) is 8.03. The molecule has 0 spiro atoms. The Bertz CT molecular complexity index is 858. The lowest BCUT2D eigenvalue weighted by atomic mass is 10.2. The molecule has 1 aliphatic rings. The average molecular weight is 469 g/mol. The van der Waals surface area contributed by atoms with Crippen LogP contribution in [0.1, 0.15) is 10.4 Å². The molecule has 1 fully saturated rings. The van der Waals surface area contributed by atoms with Crippen molar-refractivity contribution in [3.63, 3.8) is 0 Å². The number of hydrogen-bond donors (Lipinski definition) is 0. The molecule has 2 aromatic rings. The van der Waals surface area contributed by atoms with E-state index in [4.69, 9.17) is 0 Å². The van der Waals surface area contributed by atoms with Crippen molar-refractivity contribution in [2.75, 3.05) is 26.2 Å². The molecule has 0 bridgehead atoms. The molecule has 2 heterocycles. The van der Waals surface area contributed by atoms with Crippen LogP contribution in [0.4, 0.5) is 13.2 Å². The summed E-state index contributed by atoms with van der Waals surface area (Å²) in [5, 5.41) is 1.99. The number of hydrogen-bond acceptors (Lipinski definition) is 4. The van der Waals surface area contributed by atoms with E-state index in [0.717, 1.165) is 35.3 Å². The first-order valence-electron chi connectivity index (χ1n) is 7.79. The maximum Gasteiger partial charge on any atom is 0.416 e.